The summed E-state index contributed by atoms with van der Waals surface area (Å²) >= 11 is 3.55. The molecule has 0 amide bonds. The van der Waals surface area contributed by atoms with Gasteiger partial charge in [-0.15, -0.1) is 0 Å². The highest BCUT2D eigenvalue weighted by molar-refractivity contribution is 9.10. The van der Waals surface area contributed by atoms with Crippen molar-refractivity contribution in [3.05, 3.63) is 34.3 Å². The van der Waals surface area contributed by atoms with Gasteiger partial charge in [-0.1, -0.05) is 61.7 Å². The Kier molecular flexibility index (Phi) is 6.95. The van der Waals surface area contributed by atoms with E-state index in [9.17, 15) is 0 Å². The molecule has 2 atom stereocenters. The molecule has 1 N–H and O–H groups in total. The van der Waals surface area contributed by atoms with E-state index in [-0.39, 0.29) is 0 Å². The van der Waals surface area contributed by atoms with Crippen molar-refractivity contribution in [1.82, 2.24) is 5.32 Å². The second-order valence-electron chi connectivity index (χ2n) is 5.05. The standard InChI is InChI=1S/C16H26BrN/c1-5-13(6-2)12(4)18-16(7-3)14-9-8-10-15(17)11-14/h8-13,16,18H,5-7H2,1-4H3. The van der Waals surface area contributed by atoms with E-state index in [1.165, 1.54) is 18.4 Å². The topological polar surface area (TPSA) is 12.0 Å². The molecule has 0 aliphatic carbocycles. The highest BCUT2D eigenvalue weighted by atomic mass is 79.9. The molecule has 1 rings (SSSR count). The number of hydrogen-bond donors (Lipinski definition) is 1. The monoisotopic (exact) mass is 311 g/mol. The summed E-state index contributed by atoms with van der Waals surface area (Å²) in [4.78, 5) is 0. The van der Waals surface area contributed by atoms with Crippen LogP contribution in [0.1, 0.15) is 58.6 Å². The summed E-state index contributed by atoms with van der Waals surface area (Å²) in [5.41, 5.74) is 1.38. The first-order valence-electron chi connectivity index (χ1n) is 7.13. The van der Waals surface area contributed by atoms with Crippen LogP contribution in [0.4, 0.5) is 0 Å². The average Bonchev–Trinajstić information content (AvgIpc) is 2.37. The molecule has 0 radical (unpaired) electrons. The molecule has 0 aromatic heterocycles. The maximum Gasteiger partial charge on any atom is 0.0320 e. The molecular weight excluding hydrogens is 286 g/mol. The van der Waals surface area contributed by atoms with Gasteiger partial charge >= 0.3 is 0 Å². The molecule has 0 heterocycles. The van der Waals surface area contributed by atoms with Crippen LogP contribution in [0, 0.1) is 5.92 Å². The first-order valence-corrected chi connectivity index (χ1v) is 7.93. The molecule has 0 bridgehead atoms. The quantitative estimate of drug-likeness (QED) is 0.719. The van der Waals surface area contributed by atoms with Gasteiger partial charge in [0.25, 0.3) is 0 Å². The van der Waals surface area contributed by atoms with E-state index in [1.54, 1.807) is 0 Å². The second kappa shape index (κ2) is 7.96. The van der Waals surface area contributed by atoms with E-state index in [4.69, 9.17) is 0 Å². The number of rotatable bonds is 7. The van der Waals surface area contributed by atoms with Crippen molar-refractivity contribution in [3.8, 4) is 0 Å². The van der Waals surface area contributed by atoms with Crippen molar-refractivity contribution in [2.45, 2.75) is 59.0 Å². The molecule has 2 heteroatoms. The van der Waals surface area contributed by atoms with E-state index in [0.717, 1.165) is 16.8 Å². The lowest BCUT2D eigenvalue weighted by Crippen LogP contribution is -2.35. The van der Waals surface area contributed by atoms with Crippen molar-refractivity contribution in [3.63, 3.8) is 0 Å². The van der Waals surface area contributed by atoms with Crippen LogP contribution in [0.25, 0.3) is 0 Å². The molecule has 0 fully saturated rings. The highest BCUT2D eigenvalue weighted by Gasteiger charge is 2.18. The van der Waals surface area contributed by atoms with Crippen LogP contribution in [0.15, 0.2) is 28.7 Å². The van der Waals surface area contributed by atoms with Gasteiger partial charge < -0.3 is 5.32 Å². The fourth-order valence-corrected chi connectivity index (χ4v) is 3.04. The van der Waals surface area contributed by atoms with E-state index in [2.05, 4.69) is 73.2 Å². The average molecular weight is 312 g/mol. The van der Waals surface area contributed by atoms with Crippen molar-refractivity contribution < 1.29 is 0 Å². The van der Waals surface area contributed by atoms with Gasteiger partial charge in [0, 0.05) is 16.6 Å². The molecule has 1 nitrogen and oxygen atoms in total. The zero-order chi connectivity index (χ0) is 13.5. The largest absolute Gasteiger partial charge is 0.307 e. The Labute approximate surface area is 120 Å². The van der Waals surface area contributed by atoms with Gasteiger partial charge in [-0.05, 0) is 37.0 Å². The van der Waals surface area contributed by atoms with Gasteiger partial charge in [0.05, 0.1) is 0 Å². The maximum atomic E-state index is 3.79. The molecule has 0 aliphatic rings. The van der Waals surface area contributed by atoms with Crippen LogP contribution in [-0.2, 0) is 0 Å². The number of hydrogen-bond acceptors (Lipinski definition) is 1. The summed E-state index contributed by atoms with van der Waals surface area (Å²) in [6, 6.07) is 9.67. The minimum Gasteiger partial charge on any atom is -0.307 e. The molecule has 18 heavy (non-hydrogen) atoms. The molecule has 0 saturated heterocycles. The minimum atomic E-state index is 0.457. The fraction of sp³-hybridized carbons (Fsp3) is 0.625. The Morgan fingerprint density at radius 1 is 1.11 bits per heavy atom. The summed E-state index contributed by atoms with van der Waals surface area (Å²) in [6.07, 6.45) is 3.63. The lowest BCUT2D eigenvalue weighted by molar-refractivity contribution is 0.319. The summed E-state index contributed by atoms with van der Waals surface area (Å²) in [5.74, 6) is 0.770. The van der Waals surface area contributed by atoms with E-state index in [1.807, 2.05) is 0 Å². The van der Waals surface area contributed by atoms with Gasteiger partial charge in [0.1, 0.15) is 0 Å². The maximum absolute atomic E-state index is 3.79. The van der Waals surface area contributed by atoms with Gasteiger partial charge in [-0.3, -0.25) is 0 Å². The van der Waals surface area contributed by atoms with Gasteiger partial charge in [-0.25, -0.2) is 0 Å². The first kappa shape index (κ1) is 15.7. The number of nitrogens with one attached hydrogen (secondary N) is 1. The molecule has 0 aliphatic heterocycles. The SMILES string of the molecule is CCC(NC(C)C(CC)CC)c1cccc(Br)c1. The van der Waals surface area contributed by atoms with Gasteiger partial charge in [0.15, 0.2) is 0 Å². The van der Waals surface area contributed by atoms with Crippen LogP contribution in [0.2, 0.25) is 0 Å². The Hall–Kier alpha value is -0.340. The zero-order valence-electron chi connectivity index (χ0n) is 12.0. The van der Waals surface area contributed by atoms with E-state index in [0.29, 0.717) is 12.1 Å². The Morgan fingerprint density at radius 3 is 2.28 bits per heavy atom. The van der Waals surface area contributed by atoms with Crippen molar-refractivity contribution in [1.29, 1.82) is 0 Å². The van der Waals surface area contributed by atoms with Gasteiger partial charge in [0.2, 0.25) is 0 Å². The molecule has 1 aromatic rings. The highest BCUT2D eigenvalue weighted by Crippen LogP contribution is 2.23. The van der Waals surface area contributed by atoms with E-state index >= 15 is 0 Å². The van der Waals surface area contributed by atoms with Gasteiger partial charge in [-0.2, -0.15) is 0 Å². The van der Waals surface area contributed by atoms with Crippen LogP contribution in [-0.4, -0.2) is 6.04 Å². The zero-order valence-corrected chi connectivity index (χ0v) is 13.6. The Bertz CT molecular complexity index is 347. The van der Waals surface area contributed by atoms with E-state index < -0.39 is 0 Å². The van der Waals surface area contributed by atoms with Crippen molar-refractivity contribution in [2.24, 2.45) is 5.92 Å². The second-order valence-corrected chi connectivity index (χ2v) is 5.96. The molecule has 0 spiro atoms. The smallest absolute Gasteiger partial charge is 0.0320 e. The van der Waals surface area contributed by atoms with Crippen LogP contribution < -0.4 is 5.32 Å². The third kappa shape index (κ3) is 4.40. The fourth-order valence-electron chi connectivity index (χ4n) is 2.62. The number of halogens is 1. The van der Waals surface area contributed by atoms with Crippen molar-refractivity contribution >= 4 is 15.9 Å². The van der Waals surface area contributed by atoms with Crippen LogP contribution in [0.5, 0.6) is 0 Å². The lowest BCUT2D eigenvalue weighted by atomic mass is 9.93. The number of benzene rings is 1. The van der Waals surface area contributed by atoms with Crippen molar-refractivity contribution in [2.75, 3.05) is 0 Å². The predicted octanol–water partition coefficient (Wildman–Crippen LogP) is 5.31. The summed E-state index contributed by atoms with van der Waals surface area (Å²) in [5, 5.41) is 3.79. The molecule has 1 aromatic carbocycles. The van der Waals surface area contributed by atoms with Crippen LogP contribution >= 0.6 is 15.9 Å². The molecule has 102 valence electrons. The normalized spacial score (nSPS) is 14.8. The predicted molar refractivity (Wildman–Crippen MR) is 83.8 cm³/mol. The van der Waals surface area contributed by atoms with Crippen LogP contribution in [0.3, 0.4) is 0 Å². The minimum absolute atomic E-state index is 0.457. The lowest BCUT2D eigenvalue weighted by Gasteiger charge is -2.28. The molecule has 2 unspecified atom stereocenters. The Balaban J connectivity index is 2.72. The summed E-state index contributed by atoms with van der Waals surface area (Å²) in [6.45, 7) is 9.13. The first-order chi connectivity index (χ1) is 8.62. The Morgan fingerprint density at radius 2 is 1.78 bits per heavy atom. The summed E-state index contributed by atoms with van der Waals surface area (Å²) < 4.78 is 1.16. The molecular formula is C16H26BrN. The third-order valence-corrected chi connectivity index (χ3v) is 4.37. The third-order valence-electron chi connectivity index (χ3n) is 3.88. The molecule has 0 saturated carbocycles. The summed E-state index contributed by atoms with van der Waals surface area (Å²) in [7, 11) is 0.